The first-order chi connectivity index (χ1) is 11.7. The van der Waals surface area contributed by atoms with Crippen LogP contribution < -0.4 is 5.01 Å². The van der Waals surface area contributed by atoms with Gasteiger partial charge in [-0.05, 0) is 24.6 Å². The molecule has 0 fully saturated rings. The summed E-state index contributed by atoms with van der Waals surface area (Å²) in [6, 6.07) is 18.0. The van der Waals surface area contributed by atoms with Crippen LogP contribution in [0.25, 0.3) is 16.7 Å². The molecule has 4 aromatic rings. The van der Waals surface area contributed by atoms with Gasteiger partial charge in [0, 0.05) is 12.4 Å². The Balaban J connectivity index is 1.83. The molecule has 0 spiro atoms. The lowest BCUT2D eigenvalue weighted by atomic mass is 10.2. The predicted molar refractivity (Wildman–Crippen MR) is 95.5 cm³/mol. The fourth-order valence-corrected chi connectivity index (χ4v) is 2.63. The highest BCUT2D eigenvalue weighted by Crippen LogP contribution is 2.24. The molecular weight excluding hydrogens is 300 g/mol. The molecule has 2 heterocycles. The number of fused-ring (bicyclic) bond motifs is 3. The number of aryl methyl sites for hydroxylation is 1. The molecule has 2 aromatic carbocycles. The zero-order valence-corrected chi connectivity index (χ0v) is 13.5. The summed E-state index contributed by atoms with van der Waals surface area (Å²) in [7, 11) is 1.88. The SMILES string of the molecule is Cc1nc2nc(N(C)/N=C\c3ccccc3)c3ccccc3n2n1. The fraction of sp³-hybridized carbons (Fsp3) is 0.111. The first kappa shape index (κ1) is 14.3. The Hall–Kier alpha value is -3.28. The highest BCUT2D eigenvalue weighted by atomic mass is 15.5. The van der Waals surface area contributed by atoms with Crippen molar-refractivity contribution in [2.24, 2.45) is 5.10 Å². The van der Waals surface area contributed by atoms with Gasteiger partial charge in [-0.25, -0.2) is 0 Å². The molecule has 0 saturated carbocycles. The van der Waals surface area contributed by atoms with Crippen molar-refractivity contribution in [1.29, 1.82) is 0 Å². The molecule has 0 aliphatic carbocycles. The van der Waals surface area contributed by atoms with Crippen LogP contribution in [0.3, 0.4) is 0 Å². The number of nitrogens with zero attached hydrogens (tertiary/aromatic N) is 6. The summed E-state index contributed by atoms with van der Waals surface area (Å²) in [5.74, 6) is 2.01. The Bertz CT molecular complexity index is 1040. The lowest BCUT2D eigenvalue weighted by molar-refractivity contribution is 0.937. The van der Waals surface area contributed by atoms with Gasteiger partial charge in [0.1, 0.15) is 5.82 Å². The summed E-state index contributed by atoms with van der Waals surface area (Å²) < 4.78 is 1.77. The van der Waals surface area contributed by atoms with E-state index in [4.69, 9.17) is 0 Å². The van der Waals surface area contributed by atoms with Gasteiger partial charge in [-0.15, -0.1) is 5.10 Å². The van der Waals surface area contributed by atoms with Gasteiger partial charge >= 0.3 is 0 Å². The van der Waals surface area contributed by atoms with Crippen molar-refractivity contribution >= 4 is 28.7 Å². The Morgan fingerprint density at radius 2 is 1.75 bits per heavy atom. The number of hydrogen-bond acceptors (Lipinski definition) is 5. The molecule has 4 rings (SSSR count). The highest BCUT2D eigenvalue weighted by Gasteiger charge is 2.13. The van der Waals surface area contributed by atoms with Gasteiger partial charge in [-0.3, -0.25) is 5.01 Å². The summed E-state index contributed by atoms with van der Waals surface area (Å²) in [6.07, 6.45) is 1.82. The van der Waals surface area contributed by atoms with Gasteiger partial charge in [-0.1, -0.05) is 42.5 Å². The number of hydrazone groups is 1. The van der Waals surface area contributed by atoms with Crippen molar-refractivity contribution < 1.29 is 0 Å². The normalized spacial score (nSPS) is 11.6. The minimum atomic E-state index is 0.572. The maximum Gasteiger partial charge on any atom is 0.255 e. The second-order valence-corrected chi connectivity index (χ2v) is 5.50. The number of anilines is 1. The molecule has 6 nitrogen and oxygen atoms in total. The smallest absolute Gasteiger partial charge is 0.250 e. The molecule has 0 N–H and O–H groups in total. The summed E-state index contributed by atoms with van der Waals surface area (Å²) >= 11 is 0. The minimum absolute atomic E-state index is 0.572. The topological polar surface area (TPSA) is 58.7 Å². The van der Waals surface area contributed by atoms with Crippen LogP contribution in [-0.2, 0) is 0 Å². The van der Waals surface area contributed by atoms with Crippen molar-refractivity contribution in [3.63, 3.8) is 0 Å². The lowest BCUT2D eigenvalue weighted by Crippen LogP contribution is -2.12. The van der Waals surface area contributed by atoms with E-state index in [0.29, 0.717) is 11.6 Å². The van der Waals surface area contributed by atoms with E-state index >= 15 is 0 Å². The monoisotopic (exact) mass is 316 g/mol. The molecule has 24 heavy (non-hydrogen) atoms. The van der Waals surface area contributed by atoms with Gasteiger partial charge in [0.05, 0.1) is 11.7 Å². The Morgan fingerprint density at radius 1 is 1.00 bits per heavy atom. The molecule has 2 aromatic heterocycles. The Morgan fingerprint density at radius 3 is 2.58 bits per heavy atom. The summed E-state index contributed by atoms with van der Waals surface area (Å²) in [5, 5.41) is 11.7. The molecule has 0 amide bonds. The van der Waals surface area contributed by atoms with Crippen molar-refractivity contribution in [1.82, 2.24) is 19.6 Å². The Kier molecular flexibility index (Phi) is 3.42. The maximum absolute atomic E-state index is 4.64. The largest absolute Gasteiger partial charge is 0.255 e. The third-order valence-electron chi connectivity index (χ3n) is 3.76. The van der Waals surface area contributed by atoms with Gasteiger partial charge in [0.25, 0.3) is 5.78 Å². The van der Waals surface area contributed by atoms with Crippen LogP contribution in [0.15, 0.2) is 59.7 Å². The third kappa shape index (κ3) is 2.48. The van der Waals surface area contributed by atoms with Crippen LogP contribution in [0.5, 0.6) is 0 Å². The molecule has 0 saturated heterocycles. The molecule has 0 unspecified atom stereocenters. The van der Waals surface area contributed by atoms with E-state index in [1.54, 1.807) is 9.52 Å². The molecular formula is C18H16N6. The second kappa shape index (κ2) is 5.73. The zero-order chi connectivity index (χ0) is 16.5. The van der Waals surface area contributed by atoms with Crippen molar-refractivity contribution in [3.05, 3.63) is 66.0 Å². The zero-order valence-electron chi connectivity index (χ0n) is 13.5. The van der Waals surface area contributed by atoms with E-state index in [9.17, 15) is 0 Å². The summed E-state index contributed by atoms with van der Waals surface area (Å²) in [4.78, 5) is 9.02. The Labute approximate surface area is 139 Å². The van der Waals surface area contributed by atoms with Gasteiger partial charge in [-0.2, -0.15) is 19.6 Å². The minimum Gasteiger partial charge on any atom is -0.250 e. The lowest BCUT2D eigenvalue weighted by Gasteiger charge is -2.14. The third-order valence-corrected chi connectivity index (χ3v) is 3.76. The van der Waals surface area contributed by atoms with Crippen LogP contribution in [0.4, 0.5) is 5.82 Å². The van der Waals surface area contributed by atoms with E-state index in [1.165, 1.54) is 0 Å². The second-order valence-electron chi connectivity index (χ2n) is 5.50. The van der Waals surface area contributed by atoms with E-state index in [0.717, 1.165) is 22.3 Å². The van der Waals surface area contributed by atoms with Crippen LogP contribution >= 0.6 is 0 Å². The van der Waals surface area contributed by atoms with E-state index in [1.807, 2.05) is 74.8 Å². The van der Waals surface area contributed by atoms with Gasteiger partial charge < -0.3 is 0 Å². The van der Waals surface area contributed by atoms with Crippen LogP contribution in [0, 0.1) is 6.92 Å². The predicted octanol–water partition coefficient (Wildman–Crippen LogP) is 3.06. The molecule has 0 aliphatic heterocycles. The number of benzene rings is 2. The molecule has 0 bridgehead atoms. The number of aromatic nitrogens is 4. The first-order valence-electron chi connectivity index (χ1n) is 7.67. The van der Waals surface area contributed by atoms with Crippen LogP contribution in [-0.4, -0.2) is 32.8 Å². The summed E-state index contributed by atoms with van der Waals surface area (Å²) in [5.41, 5.74) is 1.99. The van der Waals surface area contributed by atoms with Crippen LogP contribution in [0.1, 0.15) is 11.4 Å². The van der Waals surface area contributed by atoms with Gasteiger partial charge in [0.2, 0.25) is 0 Å². The van der Waals surface area contributed by atoms with Crippen molar-refractivity contribution in [3.8, 4) is 0 Å². The quantitative estimate of drug-likeness (QED) is 0.430. The number of rotatable bonds is 3. The van der Waals surface area contributed by atoms with Crippen molar-refractivity contribution in [2.75, 3.05) is 12.1 Å². The molecule has 0 radical (unpaired) electrons. The standard InChI is InChI=1S/C18H16N6/c1-13-20-18-21-17(15-10-6-7-11-16(15)24(18)22-13)23(2)19-12-14-8-4-3-5-9-14/h3-12H,1-2H3/b19-12-. The fourth-order valence-electron chi connectivity index (χ4n) is 2.63. The van der Waals surface area contributed by atoms with Gasteiger partial charge in [0.15, 0.2) is 5.82 Å². The van der Waals surface area contributed by atoms with E-state index < -0.39 is 0 Å². The molecule has 0 atom stereocenters. The average molecular weight is 316 g/mol. The van der Waals surface area contributed by atoms with Crippen molar-refractivity contribution in [2.45, 2.75) is 6.92 Å². The van der Waals surface area contributed by atoms with E-state index in [-0.39, 0.29) is 0 Å². The van der Waals surface area contributed by atoms with E-state index in [2.05, 4.69) is 20.2 Å². The average Bonchev–Trinajstić information content (AvgIpc) is 3.00. The maximum atomic E-state index is 4.64. The molecule has 118 valence electrons. The molecule has 6 heteroatoms. The summed E-state index contributed by atoms with van der Waals surface area (Å²) in [6.45, 7) is 1.86. The number of para-hydroxylation sites is 1. The number of hydrogen-bond donors (Lipinski definition) is 0. The highest BCUT2D eigenvalue weighted by molar-refractivity contribution is 5.91. The van der Waals surface area contributed by atoms with Crippen LogP contribution in [0.2, 0.25) is 0 Å². The first-order valence-corrected chi connectivity index (χ1v) is 7.67. The molecule has 0 aliphatic rings.